The number of hydrogen-bond acceptors (Lipinski definition) is 8. The molecule has 1 aromatic carbocycles. The van der Waals surface area contributed by atoms with Crippen LogP contribution in [0.25, 0.3) is 10.2 Å². The van der Waals surface area contributed by atoms with Crippen LogP contribution in [0.4, 0.5) is 4.79 Å². The second-order valence-corrected chi connectivity index (χ2v) is 13.8. The summed E-state index contributed by atoms with van der Waals surface area (Å²) in [4.78, 5) is 58.7. The van der Waals surface area contributed by atoms with Gasteiger partial charge in [0.15, 0.2) is 0 Å². The van der Waals surface area contributed by atoms with Crippen LogP contribution in [0.1, 0.15) is 65.7 Å². The van der Waals surface area contributed by atoms with Gasteiger partial charge in [0, 0.05) is 17.4 Å². The van der Waals surface area contributed by atoms with Crippen molar-refractivity contribution in [3.8, 4) is 5.19 Å². The van der Waals surface area contributed by atoms with Gasteiger partial charge in [-0.15, -0.1) is 0 Å². The van der Waals surface area contributed by atoms with Gasteiger partial charge in [0.25, 0.3) is 5.19 Å². The van der Waals surface area contributed by atoms with E-state index in [9.17, 15) is 24.3 Å². The summed E-state index contributed by atoms with van der Waals surface area (Å²) in [5, 5.41) is 16.4. The van der Waals surface area contributed by atoms with E-state index < -0.39 is 53.2 Å². The zero-order chi connectivity index (χ0) is 30.9. The van der Waals surface area contributed by atoms with E-state index in [1.165, 1.54) is 16.2 Å². The molecule has 11 nitrogen and oxygen atoms in total. The van der Waals surface area contributed by atoms with E-state index in [1.54, 1.807) is 39.0 Å². The molecule has 2 aromatic rings. The third-order valence-electron chi connectivity index (χ3n) is 7.91. The topological polar surface area (TPSA) is 147 Å². The van der Waals surface area contributed by atoms with Gasteiger partial charge in [0.05, 0.1) is 16.8 Å². The fourth-order valence-corrected chi connectivity index (χ4v) is 6.82. The number of alkyl carbamates (subject to hydrolysis) is 1. The molecule has 3 N–H and O–H groups in total. The number of nitrogens with zero attached hydrogens (tertiary/aromatic N) is 2. The van der Waals surface area contributed by atoms with Crippen LogP contribution in [0.15, 0.2) is 30.4 Å². The quantitative estimate of drug-likeness (QED) is 0.412. The van der Waals surface area contributed by atoms with E-state index in [2.05, 4.69) is 15.6 Å². The lowest BCUT2D eigenvalue weighted by atomic mass is 10.0. The first-order valence-electron chi connectivity index (χ1n) is 14.6. The average Bonchev–Trinajstić information content (AvgIpc) is 3.23. The van der Waals surface area contributed by atoms with Gasteiger partial charge in [-0.1, -0.05) is 47.9 Å². The van der Waals surface area contributed by atoms with E-state index in [-0.39, 0.29) is 25.3 Å². The molecule has 43 heavy (non-hydrogen) atoms. The van der Waals surface area contributed by atoms with Crippen LogP contribution in [-0.4, -0.2) is 74.7 Å². The zero-order valence-corrected chi connectivity index (χ0v) is 26.0. The van der Waals surface area contributed by atoms with Crippen molar-refractivity contribution >= 4 is 57.0 Å². The molecule has 1 aliphatic carbocycles. The highest BCUT2D eigenvalue weighted by Gasteiger charge is 2.61. The minimum absolute atomic E-state index is 0.0590. The number of carboxylic acid groups (broad SMARTS) is 1. The smallest absolute Gasteiger partial charge is 0.408 e. The van der Waals surface area contributed by atoms with Gasteiger partial charge in [-0.2, -0.15) is 0 Å². The number of carbonyl (C=O) groups excluding carboxylic acids is 3. The van der Waals surface area contributed by atoms with E-state index in [4.69, 9.17) is 21.1 Å². The number of rotatable bonds is 4. The third-order valence-corrected chi connectivity index (χ3v) is 9.05. The number of ether oxygens (including phenoxy) is 2. The zero-order valence-electron chi connectivity index (χ0n) is 24.4. The fourth-order valence-electron chi connectivity index (χ4n) is 5.67. The maximum absolute atomic E-state index is 14.1. The number of hydrogen-bond donors (Lipinski definition) is 3. The van der Waals surface area contributed by atoms with Crippen LogP contribution in [0.5, 0.6) is 5.19 Å². The first-order valence-corrected chi connectivity index (χ1v) is 15.8. The number of carboxylic acids is 1. The molecule has 5 atom stereocenters. The number of allylic oxidation sites excluding steroid dienone is 1. The summed E-state index contributed by atoms with van der Waals surface area (Å²) < 4.78 is 12.4. The van der Waals surface area contributed by atoms with Crippen LogP contribution in [-0.2, 0) is 19.1 Å². The summed E-state index contributed by atoms with van der Waals surface area (Å²) in [6, 6.07) is 3.37. The first kappa shape index (κ1) is 31.1. The second-order valence-electron chi connectivity index (χ2n) is 12.4. The summed E-state index contributed by atoms with van der Waals surface area (Å²) in [5.41, 5.74) is -1.47. The van der Waals surface area contributed by atoms with Crippen molar-refractivity contribution in [3.63, 3.8) is 0 Å². The van der Waals surface area contributed by atoms with Crippen LogP contribution in [0.3, 0.4) is 0 Å². The standard InChI is InChI=1S/C30H37ClN4O7S/c1-29(2,3)42-27(40)32-21-10-8-6-4-5-7-9-17-15-30(17,26(38)39)34-24(36)22-14-19(16-35(22)25(21)37)41-28-33-20-12-11-18(31)13-23(20)43-28/h7,9,11-13,17,19,21-22H,4-6,8,10,14-16H2,1-3H3,(H,32,40)(H,34,36)(H,38,39)/b9-7-/t17-,19-,21+,22+,30-/m1/s1. The van der Waals surface area contributed by atoms with Gasteiger partial charge < -0.3 is 30.1 Å². The highest BCUT2D eigenvalue weighted by Crippen LogP contribution is 2.45. The van der Waals surface area contributed by atoms with E-state index in [1.807, 2.05) is 12.2 Å². The Bertz CT molecular complexity index is 1440. The molecule has 5 rings (SSSR count). The molecule has 2 aliphatic heterocycles. The number of fused-ring (bicyclic) bond motifs is 3. The Morgan fingerprint density at radius 1 is 1.23 bits per heavy atom. The maximum atomic E-state index is 14.1. The third kappa shape index (κ3) is 7.23. The lowest BCUT2D eigenvalue weighted by Gasteiger charge is -2.30. The van der Waals surface area contributed by atoms with Gasteiger partial charge in [-0.25, -0.2) is 14.6 Å². The van der Waals surface area contributed by atoms with E-state index >= 15 is 0 Å². The van der Waals surface area contributed by atoms with Crippen LogP contribution in [0, 0.1) is 5.92 Å². The number of benzene rings is 1. The normalized spacial score (nSPS) is 29.0. The van der Waals surface area contributed by atoms with Gasteiger partial charge in [0.1, 0.15) is 29.3 Å². The molecule has 1 aromatic heterocycles. The molecule has 232 valence electrons. The van der Waals surface area contributed by atoms with Crippen molar-refractivity contribution in [2.24, 2.45) is 5.92 Å². The number of carbonyl (C=O) groups is 4. The first-order chi connectivity index (χ1) is 20.3. The number of nitrogens with one attached hydrogen (secondary N) is 2. The monoisotopic (exact) mass is 632 g/mol. The lowest BCUT2D eigenvalue weighted by Crippen LogP contribution is -2.56. The second kappa shape index (κ2) is 12.3. The van der Waals surface area contributed by atoms with Gasteiger partial charge in [0.2, 0.25) is 11.8 Å². The molecule has 3 heterocycles. The molecular weight excluding hydrogens is 596 g/mol. The minimum Gasteiger partial charge on any atom is -0.479 e. The summed E-state index contributed by atoms with van der Waals surface area (Å²) in [6.07, 6.45) is 6.36. The van der Waals surface area contributed by atoms with Crippen molar-refractivity contribution in [2.75, 3.05) is 6.54 Å². The van der Waals surface area contributed by atoms with E-state index in [0.717, 1.165) is 24.0 Å². The number of amides is 3. The maximum Gasteiger partial charge on any atom is 0.408 e. The highest BCUT2D eigenvalue weighted by atomic mass is 35.5. The Morgan fingerprint density at radius 3 is 2.77 bits per heavy atom. The Morgan fingerprint density at radius 2 is 2.02 bits per heavy atom. The molecule has 1 saturated carbocycles. The number of aromatic nitrogens is 1. The van der Waals surface area contributed by atoms with Gasteiger partial charge in [-0.3, -0.25) is 9.59 Å². The Hall–Kier alpha value is -3.38. The number of aliphatic carboxylic acids is 1. The number of halogens is 1. The minimum atomic E-state index is -1.41. The summed E-state index contributed by atoms with van der Waals surface area (Å²) in [5.74, 6) is -2.45. The molecule has 3 amide bonds. The average molecular weight is 633 g/mol. The Labute approximate surface area is 258 Å². The molecule has 3 aliphatic rings. The molecular formula is C30H37ClN4O7S. The molecule has 0 radical (unpaired) electrons. The van der Waals surface area contributed by atoms with E-state index in [0.29, 0.717) is 28.6 Å². The van der Waals surface area contributed by atoms with Crippen molar-refractivity contribution in [2.45, 2.75) is 95.0 Å². The molecule has 0 unspecified atom stereocenters. The van der Waals surface area contributed by atoms with Crippen molar-refractivity contribution < 1.29 is 33.8 Å². The predicted octanol–water partition coefficient (Wildman–Crippen LogP) is 4.67. The fraction of sp³-hybridized carbons (Fsp3) is 0.567. The Balaban J connectivity index is 1.42. The van der Waals surface area contributed by atoms with Crippen LogP contribution >= 0.6 is 22.9 Å². The molecule has 13 heteroatoms. The lowest BCUT2D eigenvalue weighted by molar-refractivity contribution is -0.145. The summed E-state index contributed by atoms with van der Waals surface area (Å²) >= 11 is 7.43. The molecule has 0 bridgehead atoms. The van der Waals surface area contributed by atoms with Crippen molar-refractivity contribution in [3.05, 3.63) is 35.4 Å². The summed E-state index contributed by atoms with van der Waals surface area (Å²) in [7, 11) is 0. The number of thiazole rings is 1. The predicted molar refractivity (Wildman–Crippen MR) is 161 cm³/mol. The van der Waals surface area contributed by atoms with Gasteiger partial charge in [-0.05, 0) is 64.7 Å². The van der Waals surface area contributed by atoms with Crippen molar-refractivity contribution in [1.29, 1.82) is 0 Å². The molecule has 0 spiro atoms. The largest absolute Gasteiger partial charge is 0.479 e. The van der Waals surface area contributed by atoms with Crippen LogP contribution < -0.4 is 15.4 Å². The SMILES string of the molecule is CC(C)(C)OC(=O)N[C@H]1CCCCC/C=C\[C@@H]2C[C@@]2(C(=O)O)NC(=O)[C@@H]2C[C@@H](Oc3nc4ccc(Cl)cc4s3)CN2C1=O. The molecule has 2 fully saturated rings. The van der Waals surface area contributed by atoms with Crippen LogP contribution in [0.2, 0.25) is 5.02 Å². The Kier molecular flexibility index (Phi) is 8.89. The highest BCUT2D eigenvalue weighted by molar-refractivity contribution is 7.20. The molecule has 1 saturated heterocycles. The summed E-state index contributed by atoms with van der Waals surface area (Å²) in [6.45, 7) is 5.27. The van der Waals surface area contributed by atoms with Crippen molar-refractivity contribution in [1.82, 2.24) is 20.5 Å². The van der Waals surface area contributed by atoms with Gasteiger partial charge >= 0.3 is 12.1 Å².